The molecule has 1 aliphatic heterocycles. The maximum atomic E-state index is 12.9. The average Bonchev–Trinajstić information content (AvgIpc) is 2.78. The Morgan fingerprint density at radius 1 is 1.18 bits per heavy atom. The third-order valence-electron chi connectivity index (χ3n) is 5.04. The Kier molecular flexibility index (Phi) is 7.42. The lowest BCUT2D eigenvalue weighted by Gasteiger charge is -2.37. The van der Waals surface area contributed by atoms with Crippen molar-refractivity contribution < 1.29 is 27.6 Å². The summed E-state index contributed by atoms with van der Waals surface area (Å²) in [5.41, 5.74) is -1.22. The monoisotopic (exact) mass is 546 g/mol. The van der Waals surface area contributed by atoms with Crippen LogP contribution in [-0.2, 0) is 6.18 Å². The zero-order valence-corrected chi connectivity index (χ0v) is 19.6. The summed E-state index contributed by atoms with van der Waals surface area (Å²) in [7, 11) is 1.51. The van der Waals surface area contributed by atoms with E-state index < -0.39 is 28.3 Å². The Balaban J connectivity index is 1.65. The van der Waals surface area contributed by atoms with Gasteiger partial charge in [-0.25, -0.2) is 0 Å². The Hall–Kier alpha value is -2.93. The van der Waals surface area contributed by atoms with Gasteiger partial charge < -0.3 is 14.5 Å². The summed E-state index contributed by atoms with van der Waals surface area (Å²) < 4.78 is 44.5. The standard InChI is InChI=1S/C20H18BrF3N4O4S/c1-32-17-5-2-12(10-14(17)21)18(29)25-19(33)27-8-6-26(7-9-27)15-4-3-13(20(22,23)24)11-16(15)28(30)31/h2-5,10-11H,6-9H2,1H3,(H,25,29,33). The van der Waals surface area contributed by atoms with E-state index in [0.717, 1.165) is 12.1 Å². The summed E-state index contributed by atoms with van der Waals surface area (Å²) in [6, 6.07) is 7.30. The first-order valence-electron chi connectivity index (χ1n) is 9.55. The highest BCUT2D eigenvalue weighted by Gasteiger charge is 2.34. The molecule has 176 valence electrons. The highest BCUT2D eigenvalue weighted by Crippen LogP contribution is 2.36. The van der Waals surface area contributed by atoms with Gasteiger partial charge >= 0.3 is 6.18 Å². The van der Waals surface area contributed by atoms with Crippen LogP contribution in [0.15, 0.2) is 40.9 Å². The van der Waals surface area contributed by atoms with Crippen LogP contribution in [0.5, 0.6) is 5.75 Å². The van der Waals surface area contributed by atoms with E-state index in [4.69, 9.17) is 17.0 Å². The van der Waals surface area contributed by atoms with Crippen LogP contribution in [0.1, 0.15) is 15.9 Å². The zero-order chi connectivity index (χ0) is 24.3. The normalized spacial score (nSPS) is 14.1. The van der Waals surface area contributed by atoms with Gasteiger partial charge in [-0.3, -0.25) is 20.2 Å². The van der Waals surface area contributed by atoms with E-state index in [-0.39, 0.29) is 23.9 Å². The van der Waals surface area contributed by atoms with Crippen molar-refractivity contribution in [3.8, 4) is 5.75 Å². The van der Waals surface area contributed by atoms with Crippen LogP contribution in [0, 0.1) is 10.1 Å². The summed E-state index contributed by atoms with van der Waals surface area (Å²) in [5, 5.41) is 14.2. The second-order valence-corrected chi connectivity index (χ2v) is 8.28. The fourth-order valence-corrected chi connectivity index (χ4v) is 4.14. The van der Waals surface area contributed by atoms with Crippen molar-refractivity contribution in [3.63, 3.8) is 0 Å². The van der Waals surface area contributed by atoms with Gasteiger partial charge in [0.05, 0.1) is 22.1 Å². The minimum atomic E-state index is -4.67. The third kappa shape index (κ3) is 5.71. The van der Waals surface area contributed by atoms with Gasteiger partial charge in [0.1, 0.15) is 11.4 Å². The molecular formula is C20H18BrF3N4O4S. The number of carbonyl (C=O) groups excluding carboxylic acids is 1. The predicted octanol–water partition coefficient (Wildman–Crippen LogP) is 4.22. The molecular weight excluding hydrogens is 529 g/mol. The Morgan fingerprint density at radius 3 is 2.39 bits per heavy atom. The number of anilines is 1. The molecule has 1 heterocycles. The number of piperazine rings is 1. The number of methoxy groups -OCH3 is 1. The Morgan fingerprint density at radius 2 is 1.85 bits per heavy atom. The molecule has 0 saturated carbocycles. The molecule has 0 radical (unpaired) electrons. The molecule has 1 fully saturated rings. The number of thiocarbonyl (C=S) groups is 1. The van der Waals surface area contributed by atoms with Gasteiger partial charge in [-0.1, -0.05) is 0 Å². The lowest BCUT2D eigenvalue weighted by molar-refractivity contribution is -0.384. The van der Waals surface area contributed by atoms with E-state index in [1.165, 1.54) is 7.11 Å². The van der Waals surface area contributed by atoms with Crippen LogP contribution in [-0.4, -0.2) is 54.1 Å². The number of alkyl halides is 3. The molecule has 1 saturated heterocycles. The van der Waals surface area contributed by atoms with Gasteiger partial charge in [0.15, 0.2) is 5.11 Å². The number of hydrogen-bond acceptors (Lipinski definition) is 6. The number of carbonyl (C=O) groups is 1. The highest BCUT2D eigenvalue weighted by molar-refractivity contribution is 9.10. The number of hydrogen-bond donors (Lipinski definition) is 1. The van der Waals surface area contributed by atoms with Crippen LogP contribution < -0.4 is 15.0 Å². The van der Waals surface area contributed by atoms with Crippen molar-refractivity contribution in [1.29, 1.82) is 0 Å². The van der Waals surface area contributed by atoms with Gasteiger partial charge in [-0.15, -0.1) is 0 Å². The van der Waals surface area contributed by atoms with Crippen molar-refractivity contribution in [1.82, 2.24) is 10.2 Å². The number of benzene rings is 2. The summed E-state index contributed by atoms with van der Waals surface area (Å²) in [4.78, 5) is 26.4. The van der Waals surface area contributed by atoms with Crippen LogP contribution in [0.2, 0.25) is 0 Å². The fourth-order valence-electron chi connectivity index (χ4n) is 3.32. The van der Waals surface area contributed by atoms with Crippen molar-refractivity contribution in [2.75, 3.05) is 38.2 Å². The molecule has 0 aromatic heterocycles. The molecule has 13 heteroatoms. The van der Waals surface area contributed by atoms with E-state index in [2.05, 4.69) is 21.2 Å². The second kappa shape index (κ2) is 9.91. The van der Waals surface area contributed by atoms with Crippen molar-refractivity contribution in [2.24, 2.45) is 0 Å². The quantitative estimate of drug-likeness (QED) is 0.349. The van der Waals surface area contributed by atoms with Crippen LogP contribution in [0.4, 0.5) is 24.5 Å². The number of nitro benzene ring substituents is 1. The lowest BCUT2D eigenvalue weighted by Crippen LogP contribution is -2.52. The molecule has 0 atom stereocenters. The van der Waals surface area contributed by atoms with E-state index in [1.54, 1.807) is 28.0 Å². The molecule has 0 spiro atoms. The summed E-state index contributed by atoms with van der Waals surface area (Å²) >= 11 is 8.63. The number of nitrogens with one attached hydrogen (secondary N) is 1. The molecule has 0 bridgehead atoms. The van der Waals surface area contributed by atoms with Gasteiger partial charge in [-0.2, -0.15) is 13.2 Å². The van der Waals surface area contributed by atoms with Crippen molar-refractivity contribution in [2.45, 2.75) is 6.18 Å². The molecule has 8 nitrogen and oxygen atoms in total. The molecule has 2 aromatic carbocycles. The number of nitro groups is 1. The minimum absolute atomic E-state index is 0.102. The van der Waals surface area contributed by atoms with Crippen molar-refractivity contribution in [3.05, 3.63) is 62.1 Å². The predicted molar refractivity (Wildman–Crippen MR) is 123 cm³/mol. The van der Waals surface area contributed by atoms with Crippen molar-refractivity contribution >= 4 is 50.5 Å². The third-order valence-corrected chi connectivity index (χ3v) is 6.02. The Labute approximate surface area is 200 Å². The van der Waals surface area contributed by atoms with Crippen LogP contribution >= 0.6 is 28.1 Å². The maximum absolute atomic E-state index is 12.9. The molecule has 1 N–H and O–H groups in total. The molecule has 2 aromatic rings. The molecule has 33 heavy (non-hydrogen) atoms. The summed E-state index contributed by atoms with van der Waals surface area (Å²) in [6.45, 7) is 1.19. The molecule has 1 amide bonds. The fraction of sp³-hybridized carbons (Fsp3) is 0.300. The first kappa shape index (κ1) is 24.7. The summed E-state index contributed by atoms with van der Waals surface area (Å²) in [6.07, 6.45) is -4.67. The minimum Gasteiger partial charge on any atom is -0.496 e. The average molecular weight is 547 g/mol. The van der Waals surface area contributed by atoms with Gasteiger partial charge in [0.2, 0.25) is 0 Å². The SMILES string of the molecule is COc1ccc(C(=O)NC(=S)N2CCN(c3ccc(C(F)(F)F)cc3[N+](=O)[O-])CC2)cc1Br. The number of rotatable bonds is 4. The molecule has 1 aliphatic rings. The van der Waals surface area contributed by atoms with E-state index in [0.29, 0.717) is 34.9 Å². The van der Waals surface area contributed by atoms with E-state index in [9.17, 15) is 28.1 Å². The number of nitrogens with zero attached hydrogens (tertiary/aromatic N) is 3. The molecule has 3 rings (SSSR count). The molecule has 0 unspecified atom stereocenters. The molecule has 0 aliphatic carbocycles. The van der Waals surface area contributed by atoms with Gasteiger partial charge in [-0.05, 0) is 58.5 Å². The van der Waals surface area contributed by atoms with E-state index in [1.807, 2.05) is 0 Å². The second-order valence-electron chi connectivity index (χ2n) is 7.04. The van der Waals surface area contributed by atoms with Crippen LogP contribution in [0.25, 0.3) is 0 Å². The van der Waals surface area contributed by atoms with Crippen LogP contribution in [0.3, 0.4) is 0 Å². The smallest absolute Gasteiger partial charge is 0.416 e. The largest absolute Gasteiger partial charge is 0.496 e. The first-order valence-corrected chi connectivity index (χ1v) is 10.8. The zero-order valence-electron chi connectivity index (χ0n) is 17.2. The number of ether oxygens (including phenoxy) is 1. The lowest BCUT2D eigenvalue weighted by atomic mass is 10.1. The number of amides is 1. The van der Waals surface area contributed by atoms with Gasteiger partial charge in [0.25, 0.3) is 11.6 Å². The highest BCUT2D eigenvalue weighted by atomic mass is 79.9. The van der Waals surface area contributed by atoms with Gasteiger partial charge in [0, 0.05) is 37.8 Å². The topological polar surface area (TPSA) is 88.0 Å². The first-order chi connectivity index (χ1) is 15.5. The number of halogens is 4. The maximum Gasteiger partial charge on any atom is 0.416 e. The van der Waals surface area contributed by atoms with E-state index >= 15 is 0 Å². The summed E-state index contributed by atoms with van der Waals surface area (Å²) in [5.74, 6) is 0.159. The Bertz CT molecular complexity index is 1090.